The highest BCUT2D eigenvalue weighted by Crippen LogP contribution is 2.39. The molecule has 33 heavy (non-hydrogen) atoms. The summed E-state index contributed by atoms with van der Waals surface area (Å²) < 4.78 is 20.3. The number of aromatic nitrogens is 2. The van der Waals surface area contributed by atoms with Crippen molar-refractivity contribution in [2.24, 2.45) is 7.05 Å². The molecule has 2 amide bonds. The fraction of sp³-hybridized carbons (Fsp3) is 0.318. The molecule has 2 heterocycles. The lowest BCUT2D eigenvalue weighted by Crippen LogP contribution is -2.40. The van der Waals surface area contributed by atoms with Crippen LogP contribution in [0.15, 0.2) is 36.5 Å². The Hall–Kier alpha value is -2.62. The van der Waals surface area contributed by atoms with Crippen molar-refractivity contribution >= 4 is 46.5 Å². The third kappa shape index (κ3) is 6.46. The van der Waals surface area contributed by atoms with E-state index in [1.807, 2.05) is 0 Å². The van der Waals surface area contributed by atoms with E-state index in [0.29, 0.717) is 31.1 Å². The number of halogens is 3. The van der Waals surface area contributed by atoms with Crippen molar-refractivity contribution in [2.75, 3.05) is 6.54 Å². The van der Waals surface area contributed by atoms with Gasteiger partial charge in [0, 0.05) is 13.6 Å². The van der Waals surface area contributed by atoms with Crippen LogP contribution in [-0.2, 0) is 11.8 Å². The number of nitrogens with zero attached hydrogens (tertiary/aromatic N) is 2. The Balaban J connectivity index is 1.81. The highest BCUT2D eigenvalue weighted by molar-refractivity contribution is 7.18. The van der Waals surface area contributed by atoms with Crippen LogP contribution in [0.5, 0.6) is 0 Å². The Labute approximate surface area is 204 Å². The Morgan fingerprint density at radius 2 is 1.88 bits per heavy atom. The van der Waals surface area contributed by atoms with E-state index in [9.17, 15) is 14.0 Å². The number of rotatable bonds is 6. The molecule has 1 atom stereocenters. The quantitative estimate of drug-likeness (QED) is 0.450. The van der Waals surface area contributed by atoms with E-state index in [4.69, 9.17) is 27.9 Å². The summed E-state index contributed by atoms with van der Waals surface area (Å²) in [4.78, 5) is 26.1. The van der Waals surface area contributed by atoms with Crippen LogP contribution in [0, 0.1) is 5.82 Å². The van der Waals surface area contributed by atoms with E-state index in [-0.39, 0.29) is 6.54 Å². The lowest BCUT2D eigenvalue weighted by molar-refractivity contribution is 0.0520. The van der Waals surface area contributed by atoms with Gasteiger partial charge in [-0.05, 0) is 44.5 Å². The second-order valence-corrected chi connectivity index (χ2v) is 10.1. The normalized spacial score (nSPS) is 12.3. The first-order chi connectivity index (χ1) is 15.4. The molecule has 0 spiro atoms. The van der Waals surface area contributed by atoms with Gasteiger partial charge < -0.3 is 15.4 Å². The van der Waals surface area contributed by atoms with E-state index in [1.54, 1.807) is 50.7 Å². The van der Waals surface area contributed by atoms with Crippen LogP contribution in [0.1, 0.15) is 42.0 Å². The summed E-state index contributed by atoms with van der Waals surface area (Å²) in [6.07, 6.45) is 0.871. The number of benzene rings is 1. The van der Waals surface area contributed by atoms with Crippen molar-refractivity contribution in [1.29, 1.82) is 0 Å². The molecule has 0 saturated carbocycles. The summed E-state index contributed by atoms with van der Waals surface area (Å²) in [6, 6.07) is 6.55. The number of ether oxygens (including phenoxy) is 1. The number of aryl methyl sites for hydroxylation is 1. The molecule has 0 fully saturated rings. The average Bonchev–Trinajstić information content (AvgIpc) is 3.25. The molecule has 0 aliphatic carbocycles. The van der Waals surface area contributed by atoms with Gasteiger partial charge in [0.15, 0.2) is 0 Å². The lowest BCUT2D eigenvalue weighted by atomic mass is 10.1. The number of alkyl carbamates (subject to hydrolysis) is 1. The topological polar surface area (TPSA) is 85.3 Å². The van der Waals surface area contributed by atoms with Crippen molar-refractivity contribution in [3.05, 3.63) is 62.8 Å². The standard InChI is InChI=1S/C22H23Cl2FN4O3S/c1-22(2,3)32-21(31)26-11-16(12-5-7-13(25)8-6-12)28-20(30)17-9-14(23)19(33-17)18-15(24)10-27-29(18)4/h5-10,16H,11H2,1-4H3,(H,26,31)(H,28,30). The van der Waals surface area contributed by atoms with Crippen LogP contribution >= 0.6 is 34.5 Å². The monoisotopic (exact) mass is 512 g/mol. The van der Waals surface area contributed by atoms with Crippen LogP contribution in [0.3, 0.4) is 0 Å². The smallest absolute Gasteiger partial charge is 0.407 e. The Bertz CT molecular complexity index is 1140. The molecular weight excluding hydrogens is 490 g/mol. The molecule has 1 aromatic carbocycles. The lowest BCUT2D eigenvalue weighted by Gasteiger charge is -2.23. The summed E-state index contributed by atoms with van der Waals surface area (Å²) >= 11 is 13.8. The molecule has 0 radical (unpaired) electrons. The zero-order chi connectivity index (χ0) is 24.3. The average molecular weight is 513 g/mol. The van der Waals surface area contributed by atoms with Gasteiger partial charge in [-0.25, -0.2) is 9.18 Å². The minimum Gasteiger partial charge on any atom is -0.444 e. The summed E-state index contributed by atoms with van der Waals surface area (Å²) in [7, 11) is 1.73. The van der Waals surface area contributed by atoms with Gasteiger partial charge in [-0.1, -0.05) is 35.3 Å². The molecule has 11 heteroatoms. The highest BCUT2D eigenvalue weighted by atomic mass is 35.5. The number of carbonyl (C=O) groups is 2. The zero-order valence-corrected chi connectivity index (χ0v) is 20.7. The number of carbonyl (C=O) groups excluding carboxylic acids is 2. The predicted octanol–water partition coefficient (Wildman–Crippen LogP) is 5.59. The minimum absolute atomic E-state index is 0.0335. The number of hydrogen-bond donors (Lipinski definition) is 2. The van der Waals surface area contributed by atoms with Crippen LogP contribution in [0.4, 0.5) is 9.18 Å². The molecule has 2 aromatic heterocycles. The molecule has 3 rings (SSSR count). The first kappa shape index (κ1) is 25.0. The maximum Gasteiger partial charge on any atom is 0.407 e. The van der Waals surface area contributed by atoms with Crippen LogP contribution in [-0.4, -0.2) is 33.9 Å². The second kappa shape index (κ2) is 10.1. The van der Waals surface area contributed by atoms with Crippen molar-refractivity contribution < 1.29 is 18.7 Å². The Morgan fingerprint density at radius 1 is 1.21 bits per heavy atom. The van der Waals surface area contributed by atoms with E-state index in [0.717, 1.165) is 11.3 Å². The molecule has 0 aliphatic heterocycles. The summed E-state index contributed by atoms with van der Waals surface area (Å²) in [6.45, 7) is 5.28. The molecule has 176 valence electrons. The molecule has 0 aliphatic rings. The molecule has 0 bridgehead atoms. The zero-order valence-electron chi connectivity index (χ0n) is 18.4. The van der Waals surface area contributed by atoms with E-state index in [1.165, 1.54) is 18.3 Å². The Morgan fingerprint density at radius 3 is 2.45 bits per heavy atom. The SMILES string of the molecule is Cn1ncc(Cl)c1-c1sc(C(=O)NC(CNC(=O)OC(C)(C)C)c2ccc(F)cc2)cc1Cl. The fourth-order valence-electron chi connectivity index (χ4n) is 2.98. The second-order valence-electron chi connectivity index (χ2n) is 8.21. The van der Waals surface area contributed by atoms with Crippen molar-refractivity contribution in [3.8, 4) is 10.6 Å². The Kier molecular flexibility index (Phi) is 7.66. The summed E-state index contributed by atoms with van der Waals surface area (Å²) in [5, 5.41) is 10.4. The van der Waals surface area contributed by atoms with Crippen LogP contribution in [0.2, 0.25) is 10.0 Å². The maximum absolute atomic E-state index is 13.4. The summed E-state index contributed by atoms with van der Waals surface area (Å²) in [5.74, 6) is -0.821. The van der Waals surface area contributed by atoms with Crippen LogP contribution < -0.4 is 10.6 Å². The third-order valence-corrected chi connectivity index (χ3v) is 6.27. The van der Waals surface area contributed by atoms with Crippen molar-refractivity contribution in [2.45, 2.75) is 32.4 Å². The van der Waals surface area contributed by atoms with E-state index in [2.05, 4.69) is 15.7 Å². The number of hydrogen-bond acceptors (Lipinski definition) is 5. The third-order valence-electron chi connectivity index (χ3n) is 4.45. The van der Waals surface area contributed by atoms with Gasteiger partial charge in [0.2, 0.25) is 0 Å². The van der Waals surface area contributed by atoms with Crippen molar-refractivity contribution in [1.82, 2.24) is 20.4 Å². The van der Waals surface area contributed by atoms with Gasteiger partial charge in [-0.3, -0.25) is 9.48 Å². The number of nitrogens with one attached hydrogen (secondary N) is 2. The highest BCUT2D eigenvalue weighted by Gasteiger charge is 2.23. The van der Waals surface area contributed by atoms with Gasteiger partial charge in [-0.15, -0.1) is 11.3 Å². The fourth-order valence-corrected chi connectivity index (χ4v) is 4.72. The van der Waals surface area contributed by atoms with Gasteiger partial charge in [0.05, 0.1) is 37.7 Å². The van der Waals surface area contributed by atoms with Crippen LogP contribution in [0.25, 0.3) is 10.6 Å². The summed E-state index contributed by atoms with van der Waals surface area (Å²) in [5.41, 5.74) is 0.543. The first-order valence-electron chi connectivity index (χ1n) is 9.95. The predicted molar refractivity (Wildman–Crippen MR) is 127 cm³/mol. The van der Waals surface area contributed by atoms with Gasteiger partial charge >= 0.3 is 6.09 Å². The van der Waals surface area contributed by atoms with Gasteiger partial charge in [0.1, 0.15) is 11.4 Å². The van der Waals surface area contributed by atoms with Gasteiger partial charge in [0.25, 0.3) is 5.91 Å². The maximum atomic E-state index is 13.4. The molecule has 0 saturated heterocycles. The van der Waals surface area contributed by atoms with Crippen molar-refractivity contribution in [3.63, 3.8) is 0 Å². The molecule has 3 aromatic rings. The minimum atomic E-state index is -0.671. The number of amides is 2. The molecule has 1 unspecified atom stereocenters. The van der Waals surface area contributed by atoms with Gasteiger partial charge in [-0.2, -0.15) is 5.10 Å². The largest absolute Gasteiger partial charge is 0.444 e. The molecule has 2 N–H and O–H groups in total. The van der Waals surface area contributed by atoms with E-state index < -0.39 is 29.5 Å². The van der Waals surface area contributed by atoms with E-state index >= 15 is 0 Å². The first-order valence-corrected chi connectivity index (χ1v) is 11.5. The molecular formula is C22H23Cl2FN4O3S. The molecule has 7 nitrogen and oxygen atoms in total. The number of thiophene rings is 1.